The van der Waals surface area contributed by atoms with E-state index in [-0.39, 0.29) is 16.3 Å². The van der Waals surface area contributed by atoms with Crippen LogP contribution in [0, 0.1) is 0 Å². The van der Waals surface area contributed by atoms with Crippen molar-refractivity contribution in [3.63, 3.8) is 0 Å². The summed E-state index contributed by atoms with van der Waals surface area (Å²) in [6.07, 6.45) is 0. The van der Waals surface area contributed by atoms with Crippen LogP contribution < -0.4 is 10.5 Å². The van der Waals surface area contributed by atoms with Crippen molar-refractivity contribution in [3.8, 4) is 11.5 Å². The first kappa shape index (κ1) is 13.7. The van der Waals surface area contributed by atoms with Crippen molar-refractivity contribution in [3.05, 3.63) is 47.5 Å². The molecule has 3 N–H and O–H groups in total. The summed E-state index contributed by atoms with van der Waals surface area (Å²) in [6, 6.07) is 10.5. The standard InChI is InChI=1S/C12H10ClNO4S/c13-8-1-3-9(4-2-8)18-10-5-6-11(14)12(7-10)19(15,16)17/h1-7H,14H2,(H,15,16,17). The van der Waals surface area contributed by atoms with Gasteiger partial charge in [0.15, 0.2) is 0 Å². The number of hydrogen-bond acceptors (Lipinski definition) is 4. The summed E-state index contributed by atoms with van der Waals surface area (Å²) in [5.74, 6) is 0.722. The molecule has 0 aliphatic heterocycles. The molecular formula is C12H10ClNO4S. The van der Waals surface area contributed by atoms with E-state index in [1.807, 2.05) is 0 Å². The summed E-state index contributed by atoms with van der Waals surface area (Å²) in [5.41, 5.74) is 5.43. The Bertz CT molecular complexity index is 698. The van der Waals surface area contributed by atoms with E-state index in [0.717, 1.165) is 6.07 Å². The lowest BCUT2D eigenvalue weighted by Crippen LogP contribution is -2.03. The SMILES string of the molecule is Nc1ccc(Oc2ccc(Cl)cc2)cc1S(=O)(=O)O. The second-order valence-corrected chi connectivity index (χ2v) is 5.56. The lowest BCUT2D eigenvalue weighted by Gasteiger charge is -2.08. The van der Waals surface area contributed by atoms with Crippen LogP contribution in [0.5, 0.6) is 11.5 Å². The Morgan fingerprint density at radius 3 is 2.21 bits per heavy atom. The minimum Gasteiger partial charge on any atom is -0.457 e. The molecule has 0 unspecified atom stereocenters. The minimum absolute atomic E-state index is 0.0500. The van der Waals surface area contributed by atoms with Gasteiger partial charge in [-0.3, -0.25) is 4.55 Å². The van der Waals surface area contributed by atoms with Gasteiger partial charge in [0.25, 0.3) is 10.1 Å². The third-order valence-corrected chi connectivity index (χ3v) is 3.47. The molecule has 7 heteroatoms. The summed E-state index contributed by atoms with van der Waals surface area (Å²) >= 11 is 5.74. The molecule has 0 saturated heterocycles. The van der Waals surface area contributed by atoms with Gasteiger partial charge in [-0.15, -0.1) is 0 Å². The minimum atomic E-state index is -4.38. The van der Waals surface area contributed by atoms with Crippen molar-refractivity contribution < 1.29 is 17.7 Å². The van der Waals surface area contributed by atoms with Gasteiger partial charge in [0.2, 0.25) is 0 Å². The third kappa shape index (κ3) is 3.37. The normalized spacial score (nSPS) is 11.3. The van der Waals surface area contributed by atoms with E-state index in [4.69, 9.17) is 26.6 Å². The Hall–Kier alpha value is -1.76. The molecule has 0 heterocycles. The Balaban J connectivity index is 2.34. The number of ether oxygens (including phenoxy) is 1. The predicted octanol–water partition coefficient (Wildman–Crippen LogP) is 2.96. The predicted molar refractivity (Wildman–Crippen MR) is 72.2 cm³/mol. The molecule has 100 valence electrons. The third-order valence-electron chi connectivity index (χ3n) is 2.31. The highest BCUT2D eigenvalue weighted by molar-refractivity contribution is 7.86. The maximum atomic E-state index is 11.1. The second kappa shape index (κ2) is 5.08. The first-order valence-corrected chi connectivity index (χ1v) is 6.98. The van der Waals surface area contributed by atoms with Crippen LogP contribution in [0.1, 0.15) is 0 Å². The molecule has 2 rings (SSSR count). The molecule has 0 bridgehead atoms. The fourth-order valence-electron chi connectivity index (χ4n) is 1.44. The van der Waals surface area contributed by atoms with E-state index in [0.29, 0.717) is 10.8 Å². The average Bonchev–Trinajstić information content (AvgIpc) is 2.33. The molecule has 0 fully saturated rings. The zero-order valence-electron chi connectivity index (χ0n) is 9.58. The van der Waals surface area contributed by atoms with E-state index >= 15 is 0 Å². The fraction of sp³-hybridized carbons (Fsp3) is 0. The molecule has 0 amide bonds. The lowest BCUT2D eigenvalue weighted by molar-refractivity contribution is 0.472. The van der Waals surface area contributed by atoms with Crippen molar-refractivity contribution in [2.24, 2.45) is 0 Å². The Morgan fingerprint density at radius 2 is 1.63 bits per heavy atom. The van der Waals surface area contributed by atoms with Crippen LogP contribution >= 0.6 is 11.6 Å². The van der Waals surface area contributed by atoms with Crippen molar-refractivity contribution in [2.75, 3.05) is 5.73 Å². The van der Waals surface area contributed by atoms with E-state index in [9.17, 15) is 8.42 Å². The van der Waals surface area contributed by atoms with Gasteiger partial charge >= 0.3 is 0 Å². The van der Waals surface area contributed by atoms with E-state index in [1.165, 1.54) is 12.1 Å². The number of hydrogen-bond donors (Lipinski definition) is 2. The van der Waals surface area contributed by atoms with Crippen LogP contribution in [0.3, 0.4) is 0 Å². The maximum absolute atomic E-state index is 11.1. The number of nitrogens with two attached hydrogens (primary N) is 1. The summed E-state index contributed by atoms with van der Waals surface area (Å²) in [5, 5.41) is 0.559. The van der Waals surface area contributed by atoms with E-state index in [2.05, 4.69) is 0 Å². The summed E-state index contributed by atoms with van der Waals surface area (Å²) in [6.45, 7) is 0. The molecule has 2 aromatic rings. The maximum Gasteiger partial charge on any atom is 0.296 e. The van der Waals surface area contributed by atoms with Gasteiger partial charge in [0.05, 0.1) is 5.69 Å². The van der Waals surface area contributed by atoms with Crippen molar-refractivity contribution in [2.45, 2.75) is 4.90 Å². The highest BCUT2D eigenvalue weighted by atomic mass is 35.5. The topological polar surface area (TPSA) is 89.6 Å². The van der Waals surface area contributed by atoms with Crippen LogP contribution in [0.15, 0.2) is 47.4 Å². The van der Waals surface area contributed by atoms with Gasteiger partial charge in [-0.2, -0.15) is 8.42 Å². The van der Waals surface area contributed by atoms with Gasteiger partial charge in [-0.1, -0.05) is 11.6 Å². The van der Waals surface area contributed by atoms with Crippen LogP contribution in [0.2, 0.25) is 5.02 Å². The van der Waals surface area contributed by atoms with Crippen molar-refractivity contribution in [1.29, 1.82) is 0 Å². The number of halogens is 1. The first-order chi connectivity index (χ1) is 8.86. The molecule has 0 aromatic heterocycles. The first-order valence-electron chi connectivity index (χ1n) is 5.17. The van der Waals surface area contributed by atoms with E-state index < -0.39 is 10.1 Å². The monoisotopic (exact) mass is 299 g/mol. The van der Waals surface area contributed by atoms with Crippen molar-refractivity contribution in [1.82, 2.24) is 0 Å². The van der Waals surface area contributed by atoms with Crippen LogP contribution in [0.4, 0.5) is 5.69 Å². The van der Waals surface area contributed by atoms with Crippen LogP contribution in [0.25, 0.3) is 0 Å². The molecule has 0 radical (unpaired) electrons. The number of rotatable bonds is 3. The Labute approximate surface area is 115 Å². The molecule has 0 spiro atoms. The number of benzene rings is 2. The lowest BCUT2D eigenvalue weighted by atomic mass is 10.3. The smallest absolute Gasteiger partial charge is 0.296 e. The van der Waals surface area contributed by atoms with Gasteiger partial charge in [-0.05, 0) is 36.4 Å². The van der Waals surface area contributed by atoms with Crippen LogP contribution in [-0.4, -0.2) is 13.0 Å². The number of nitrogen functional groups attached to an aromatic ring is 1. The molecule has 0 aliphatic carbocycles. The number of anilines is 1. The molecular weight excluding hydrogens is 290 g/mol. The van der Waals surface area contributed by atoms with Crippen molar-refractivity contribution >= 4 is 27.4 Å². The summed E-state index contributed by atoms with van der Waals surface area (Å²) in [4.78, 5) is -0.390. The molecule has 0 aliphatic rings. The average molecular weight is 300 g/mol. The van der Waals surface area contributed by atoms with E-state index in [1.54, 1.807) is 24.3 Å². The summed E-state index contributed by atoms with van der Waals surface area (Å²) < 4.78 is 36.7. The zero-order valence-corrected chi connectivity index (χ0v) is 11.1. The van der Waals surface area contributed by atoms with Gasteiger partial charge < -0.3 is 10.5 Å². The van der Waals surface area contributed by atoms with Gasteiger partial charge in [-0.25, -0.2) is 0 Å². The molecule has 0 saturated carbocycles. The highest BCUT2D eigenvalue weighted by Gasteiger charge is 2.15. The fourth-order valence-corrected chi connectivity index (χ4v) is 2.20. The molecule has 19 heavy (non-hydrogen) atoms. The largest absolute Gasteiger partial charge is 0.457 e. The Morgan fingerprint density at radius 1 is 1.05 bits per heavy atom. The molecule has 2 aromatic carbocycles. The van der Waals surface area contributed by atoms with Gasteiger partial charge in [0, 0.05) is 11.1 Å². The second-order valence-electron chi connectivity index (χ2n) is 3.73. The molecule has 5 nitrogen and oxygen atoms in total. The Kier molecular flexibility index (Phi) is 3.66. The van der Waals surface area contributed by atoms with Crippen LogP contribution in [-0.2, 0) is 10.1 Å². The van der Waals surface area contributed by atoms with Gasteiger partial charge in [0.1, 0.15) is 16.4 Å². The molecule has 0 atom stereocenters. The zero-order chi connectivity index (χ0) is 14.0. The summed E-state index contributed by atoms with van der Waals surface area (Å²) in [7, 11) is -4.38. The highest BCUT2D eigenvalue weighted by Crippen LogP contribution is 2.28. The quantitative estimate of drug-likeness (QED) is 0.672.